The Labute approximate surface area is 169 Å². The minimum absolute atomic E-state index is 0.438. The number of rotatable bonds is 7. The second kappa shape index (κ2) is 9.64. The third-order valence-corrected chi connectivity index (χ3v) is 7.02. The molecule has 28 heavy (non-hydrogen) atoms. The summed E-state index contributed by atoms with van der Waals surface area (Å²) in [6.07, 6.45) is 9.22. The van der Waals surface area contributed by atoms with Crippen molar-refractivity contribution in [2.24, 2.45) is 11.3 Å². The molecule has 1 amide bonds. The topological polar surface area (TPSA) is 53.0 Å². The number of likely N-dealkylation sites (tertiary alicyclic amines) is 1. The van der Waals surface area contributed by atoms with Crippen LogP contribution in [0.3, 0.4) is 0 Å². The number of carbonyl (C=O) groups is 1. The van der Waals surface area contributed by atoms with Crippen molar-refractivity contribution < 1.29 is 14.6 Å². The summed E-state index contributed by atoms with van der Waals surface area (Å²) in [4.78, 5) is 15.1. The molecule has 1 saturated carbocycles. The van der Waals surface area contributed by atoms with Crippen molar-refractivity contribution >= 4 is 6.09 Å². The summed E-state index contributed by atoms with van der Waals surface area (Å²) < 4.78 is 5.22. The number of carboxylic acid groups (broad SMARTS) is 1. The second-order valence-corrected chi connectivity index (χ2v) is 8.94. The van der Waals surface area contributed by atoms with Gasteiger partial charge in [0.15, 0.2) is 0 Å². The van der Waals surface area contributed by atoms with Crippen LogP contribution < -0.4 is 4.74 Å². The molecule has 1 aliphatic carbocycles. The molecule has 0 bridgehead atoms. The number of amides is 1. The van der Waals surface area contributed by atoms with Crippen LogP contribution in [-0.2, 0) is 6.54 Å². The maximum atomic E-state index is 11.1. The first-order valence-electron chi connectivity index (χ1n) is 10.8. The van der Waals surface area contributed by atoms with Gasteiger partial charge in [0.05, 0.1) is 7.11 Å². The van der Waals surface area contributed by atoms with Gasteiger partial charge in [0, 0.05) is 19.6 Å². The minimum Gasteiger partial charge on any atom is -0.497 e. The van der Waals surface area contributed by atoms with Crippen LogP contribution in [0.25, 0.3) is 0 Å². The average molecular weight is 389 g/mol. The largest absolute Gasteiger partial charge is 0.497 e. The number of hydrogen-bond acceptors (Lipinski definition) is 3. The van der Waals surface area contributed by atoms with Crippen molar-refractivity contribution in [1.82, 2.24) is 9.80 Å². The molecule has 3 rings (SSSR count). The molecule has 0 radical (unpaired) electrons. The first-order chi connectivity index (χ1) is 13.5. The van der Waals surface area contributed by atoms with Crippen LogP contribution in [0.5, 0.6) is 5.75 Å². The molecule has 2 fully saturated rings. The number of piperidine rings is 1. The Bertz CT molecular complexity index is 613. The van der Waals surface area contributed by atoms with Gasteiger partial charge >= 0.3 is 6.09 Å². The molecule has 0 unspecified atom stereocenters. The summed E-state index contributed by atoms with van der Waals surface area (Å²) in [6.45, 7) is 3.59. The minimum atomic E-state index is -0.748. The molecule has 0 aromatic heterocycles. The fraction of sp³-hybridized carbons (Fsp3) is 0.696. The van der Waals surface area contributed by atoms with Gasteiger partial charge in [-0.3, -0.25) is 0 Å². The molecular weight excluding hydrogens is 352 g/mol. The average Bonchev–Trinajstić information content (AvgIpc) is 2.70. The van der Waals surface area contributed by atoms with E-state index in [0.717, 1.165) is 50.7 Å². The summed E-state index contributed by atoms with van der Waals surface area (Å²) in [5.74, 6) is 1.77. The lowest BCUT2D eigenvalue weighted by molar-refractivity contribution is 0.0498. The molecule has 1 aliphatic heterocycles. The highest BCUT2D eigenvalue weighted by Crippen LogP contribution is 2.47. The number of benzene rings is 1. The van der Waals surface area contributed by atoms with E-state index in [1.165, 1.54) is 44.1 Å². The van der Waals surface area contributed by atoms with E-state index in [0.29, 0.717) is 5.41 Å². The van der Waals surface area contributed by atoms with Crippen molar-refractivity contribution in [3.8, 4) is 5.75 Å². The SMILES string of the molecule is COc1ccc(CN(C)CCCC2CCC3(CC2)CCN(C(=O)O)CC3)cc1. The predicted molar refractivity (Wildman–Crippen MR) is 112 cm³/mol. The van der Waals surface area contributed by atoms with Gasteiger partial charge in [0.1, 0.15) is 5.75 Å². The van der Waals surface area contributed by atoms with Crippen molar-refractivity contribution in [3.05, 3.63) is 29.8 Å². The Morgan fingerprint density at radius 2 is 1.82 bits per heavy atom. The van der Waals surface area contributed by atoms with Crippen molar-refractivity contribution in [2.45, 2.75) is 57.9 Å². The zero-order chi connectivity index (χ0) is 20.0. The summed E-state index contributed by atoms with van der Waals surface area (Å²) in [5.41, 5.74) is 1.77. The zero-order valence-corrected chi connectivity index (χ0v) is 17.5. The van der Waals surface area contributed by atoms with E-state index < -0.39 is 6.09 Å². The molecule has 0 atom stereocenters. The lowest BCUT2D eigenvalue weighted by Gasteiger charge is -2.45. The van der Waals surface area contributed by atoms with E-state index in [2.05, 4.69) is 24.1 Å². The van der Waals surface area contributed by atoms with E-state index in [4.69, 9.17) is 9.84 Å². The molecule has 1 aromatic rings. The second-order valence-electron chi connectivity index (χ2n) is 8.94. The Hall–Kier alpha value is -1.75. The Morgan fingerprint density at radius 3 is 2.39 bits per heavy atom. The van der Waals surface area contributed by atoms with Gasteiger partial charge in [-0.25, -0.2) is 4.79 Å². The van der Waals surface area contributed by atoms with Crippen LogP contribution in [0.2, 0.25) is 0 Å². The van der Waals surface area contributed by atoms with Crippen LogP contribution in [0.1, 0.15) is 56.9 Å². The smallest absolute Gasteiger partial charge is 0.407 e. The highest BCUT2D eigenvalue weighted by Gasteiger charge is 2.38. The summed E-state index contributed by atoms with van der Waals surface area (Å²) >= 11 is 0. The van der Waals surface area contributed by atoms with Gasteiger partial charge in [-0.15, -0.1) is 0 Å². The van der Waals surface area contributed by atoms with Crippen LogP contribution in [0.15, 0.2) is 24.3 Å². The maximum Gasteiger partial charge on any atom is 0.407 e. The van der Waals surface area contributed by atoms with Gasteiger partial charge in [0.2, 0.25) is 0 Å². The molecule has 5 nitrogen and oxygen atoms in total. The van der Waals surface area contributed by atoms with E-state index in [-0.39, 0.29) is 0 Å². The monoisotopic (exact) mass is 388 g/mol. The highest BCUT2D eigenvalue weighted by atomic mass is 16.5. The van der Waals surface area contributed by atoms with E-state index in [9.17, 15) is 4.79 Å². The highest BCUT2D eigenvalue weighted by molar-refractivity contribution is 5.65. The summed E-state index contributed by atoms with van der Waals surface area (Å²) in [6, 6.07) is 8.35. The summed E-state index contributed by atoms with van der Waals surface area (Å²) in [7, 11) is 3.91. The standard InChI is InChI=1S/C23H36N2O3/c1-24(18-20-5-7-21(28-2)8-6-20)15-3-4-19-9-11-23(12-10-19)13-16-25(17-14-23)22(26)27/h5-8,19H,3-4,9-18H2,1-2H3,(H,26,27). The van der Waals surface area contributed by atoms with Gasteiger partial charge in [-0.1, -0.05) is 12.1 Å². The fourth-order valence-electron chi connectivity index (χ4n) is 5.02. The Balaban J connectivity index is 1.32. The van der Waals surface area contributed by atoms with E-state index in [1.54, 1.807) is 12.0 Å². The van der Waals surface area contributed by atoms with Crippen molar-refractivity contribution in [1.29, 1.82) is 0 Å². The third kappa shape index (κ3) is 5.63. The first-order valence-corrected chi connectivity index (χ1v) is 10.8. The normalized spacial score (nSPS) is 19.9. The van der Waals surface area contributed by atoms with Gasteiger partial charge < -0.3 is 19.6 Å². The number of nitrogens with zero attached hydrogens (tertiary/aromatic N) is 2. The summed E-state index contributed by atoms with van der Waals surface area (Å²) in [5, 5.41) is 9.14. The molecule has 1 aromatic carbocycles. The van der Waals surface area contributed by atoms with Crippen LogP contribution in [0.4, 0.5) is 4.79 Å². The van der Waals surface area contributed by atoms with Gasteiger partial charge in [-0.2, -0.15) is 0 Å². The Morgan fingerprint density at radius 1 is 1.18 bits per heavy atom. The van der Waals surface area contributed by atoms with Crippen LogP contribution in [-0.4, -0.2) is 54.8 Å². The van der Waals surface area contributed by atoms with Gasteiger partial charge in [-0.05, 0) is 94.0 Å². The quantitative estimate of drug-likeness (QED) is 0.725. The van der Waals surface area contributed by atoms with Gasteiger partial charge in [0.25, 0.3) is 0 Å². The third-order valence-electron chi connectivity index (χ3n) is 7.02. The van der Waals surface area contributed by atoms with Crippen LogP contribution in [0, 0.1) is 11.3 Å². The molecule has 1 N–H and O–H groups in total. The zero-order valence-electron chi connectivity index (χ0n) is 17.5. The van der Waals surface area contributed by atoms with Crippen molar-refractivity contribution in [2.75, 3.05) is 33.8 Å². The predicted octanol–water partition coefficient (Wildman–Crippen LogP) is 4.86. The number of methoxy groups -OCH3 is 1. The fourth-order valence-corrected chi connectivity index (χ4v) is 5.02. The molecule has 156 valence electrons. The molecule has 1 spiro atoms. The first kappa shape index (κ1) is 21.0. The molecular formula is C23H36N2O3. The Kier molecular flexibility index (Phi) is 7.22. The molecule has 5 heteroatoms. The maximum absolute atomic E-state index is 11.1. The van der Waals surface area contributed by atoms with E-state index in [1.807, 2.05) is 12.1 Å². The van der Waals surface area contributed by atoms with Crippen molar-refractivity contribution in [3.63, 3.8) is 0 Å². The molecule has 1 heterocycles. The number of ether oxygens (including phenoxy) is 1. The van der Waals surface area contributed by atoms with Crippen LogP contribution >= 0.6 is 0 Å². The molecule has 2 aliphatic rings. The lowest BCUT2D eigenvalue weighted by atomic mass is 9.65. The molecule has 1 saturated heterocycles. The number of hydrogen-bond donors (Lipinski definition) is 1. The van der Waals surface area contributed by atoms with E-state index >= 15 is 0 Å². The lowest BCUT2D eigenvalue weighted by Crippen LogP contribution is -2.44.